The highest BCUT2D eigenvalue weighted by atomic mass is 32.2. The summed E-state index contributed by atoms with van der Waals surface area (Å²) in [7, 11) is -3.12. The van der Waals surface area contributed by atoms with Crippen LogP contribution < -0.4 is 15.8 Å². The number of anilines is 1. The van der Waals surface area contributed by atoms with Gasteiger partial charge in [-0.1, -0.05) is 0 Å². The van der Waals surface area contributed by atoms with Crippen LogP contribution in [0.4, 0.5) is 5.95 Å². The maximum absolute atomic E-state index is 12.0. The van der Waals surface area contributed by atoms with Crippen LogP contribution in [0.3, 0.4) is 0 Å². The number of nitrogens with zero attached hydrogens (tertiary/aromatic N) is 3. The SMILES string of the molecule is O=c1[nH]c(N2C(=S)N[C@@H]3CS(=O)(=O)C[C@H]32)nc2nc[nH]c12. The molecule has 0 radical (unpaired) electrons. The Hall–Kier alpha value is -2.01. The number of imidazole rings is 1. The van der Waals surface area contributed by atoms with E-state index in [1.165, 1.54) is 6.33 Å². The Labute approximate surface area is 123 Å². The van der Waals surface area contributed by atoms with E-state index in [1.807, 2.05) is 0 Å². The zero-order valence-electron chi connectivity index (χ0n) is 10.5. The predicted molar refractivity (Wildman–Crippen MR) is 79.0 cm³/mol. The first-order valence-corrected chi connectivity index (χ1v) is 8.41. The quantitative estimate of drug-likeness (QED) is 0.541. The Balaban J connectivity index is 1.84. The van der Waals surface area contributed by atoms with Crippen LogP contribution in [0, 0.1) is 0 Å². The van der Waals surface area contributed by atoms with Crippen LogP contribution in [0.15, 0.2) is 11.1 Å². The molecule has 2 fully saturated rings. The molecule has 2 saturated heterocycles. The third-order valence-corrected chi connectivity index (χ3v) is 5.72. The van der Waals surface area contributed by atoms with Gasteiger partial charge < -0.3 is 10.3 Å². The fraction of sp³-hybridized carbons (Fsp3) is 0.400. The van der Waals surface area contributed by atoms with Crippen molar-refractivity contribution in [3.8, 4) is 0 Å². The number of nitrogens with one attached hydrogen (secondary N) is 3. The van der Waals surface area contributed by atoms with Crippen LogP contribution >= 0.6 is 12.2 Å². The van der Waals surface area contributed by atoms with E-state index < -0.39 is 9.84 Å². The topological polar surface area (TPSA) is 124 Å². The van der Waals surface area contributed by atoms with Crippen LogP contribution in [0.2, 0.25) is 0 Å². The van der Waals surface area contributed by atoms with Gasteiger partial charge in [0.15, 0.2) is 26.1 Å². The smallest absolute Gasteiger partial charge is 0.278 e. The number of fused-ring (bicyclic) bond motifs is 2. The zero-order valence-corrected chi connectivity index (χ0v) is 12.2. The molecule has 2 aromatic heterocycles. The summed E-state index contributed by atoms with van der Waals surface area (Å²) in [5, 5.41) is 3.33. The third kappa shape index (κ3) is 1.84. The second kappa shape index (κ2) is 4.01. The zero-order chi connectivity index (χ0) is 14.8. The molecule has 2 aliphatic heterocycles. The second-order valence-corrected chi connectivity index (χ2v) is 7.60. The van der Waals surface area contributed by atoms with Gasteiger partial charge in [-0.15, -0.1) is 0 Å². The number of sulfone groups is 1. The molecule has 0 aromatic carbocycles. The lowest BCUT2D eigenvalue weighted by Crippen LogP contribution is -2.39. The molecule has 4 heterocycles. The normalized spacial score (nSPS) is 27.0. The summed E-state index contributed by atoms with van der Waals surface area (Å²) in [6.45, 7) is 0. The Kier molecular flexibility index (Phi) is 2.43. The van der Waals surface area contributed by atoms with E-state index >= 15 is 0 Å². The largest absolute Gasteiger partial charge is 0.356 e. The Morgan fingerprint density at radius 2 is 2.19 bits per heavy atom. The molecule has 2 aromatic rings. The molecule has 4 rings (SSSR count). The number of rotatable bonds is 1. The molecule has 11 heteroatoms. The van der Waals surface area contributed by atoms with Crippen molar-refractivity contribution in [1.82, 2.24) is 25.3 Å². The summed E-state index contributed by atoms with van der Waals surface area (Å²) in [5.41, 5.74) is 0.160. The first-order valence-electron chi connectivity index (χ1n) is 6.18. The van der Waals surface area contributed by atoms with Crippen LogP contribution in [0.25, 0.3) is 11.2 Å². The van der Waals surface area contributed by atoms with Crippen molar-refractivity contribution in [3.05, 3.63) is 16.7 Å². The van der Waals surface area contributed by atoms with Gasteiger partial charge in [0, 0.05) is 0 Å². The van der Waals surface area contributed by atoms with Gasteiger partial charge in [0.05, 0.1) is 29.9 Å². The highest BCUT2D eigenvalue weighted by Gasteiger charge is 2.48. The highest BCUT2D eigenvalue weighted by molar-refractivity contribution is 7.91. The van der Waals surface area contributed by atoms with E-state index in [0.29, 0.717) is 5.11 Å². The van der Waals surface area contributed by atoms with E-state index in [-0.39, 0.29) is 46.3 Å². The first-order chi connectivity index (χ1) is 9.94. The van der Waals surface area contributed by atoms with Crippen molar-refractivity contribution in [2.75, 3.05) is 16.4 Å². The molecule has 9 nitrogen and oxygen atoms in total. The van der Waals surface area contributed by atoms with Crippen LogP contribution in [-0.2, 0) is 9.84 Å². The maximum Gasteiger partial charge on any atom is 0.278 e. The fourth-order valence-electron chi connectivity index (χ4n) is 2.80. The molecule has 21 heavy (non-hydrogen) atoms. The number of H-pyrrole nitrogens is 2. The van der Waals surface area contributed by atoms with Crippen molar-refractivity contribution in [3.63, 3.8) is 0 Å². The summed E-state index contributed by atoms with van der Waals surface area (Å²) in [5.74, 6) is 0.220. The molecule has 0 amide bonds. The molecule has 2 atom stereocenters. The van der Waals surface area contributed by atoms with Gasteiger partial charge in [-0.2, -0.15) is 4.98 Å². The molecule has 0 unspecified atom stereocenters. The van der Waals surface area contributed by atoms with E-state index in [2.05, 4.69) is 25.3 Å². The highest BCUT2D eigenvalue weighted by Crippen LogP contribution is 2.27. The van der Waals surface area contributed by atoms with Crippen molar-refractivity contribution in [1.29, 1.82) is 0 Å². The minimum Gasteiger partial charge on any atom is -0.356 e. The summed E-state index contributed by atoms with van der Waals surface area (Å²) < 4.78 is 23.5. The molecular weight excluding hydrogens is 316 g/mol. The Bertz CT molecular complexity index is 916. The number of hydrogen-bond acceptors (Lipinski definition) is 6. The van der Waals surface area contributed by atoms with Crippen molar-refractivity contribution in [2.45, 2.75) is 12.1 Å². The summed E-state index contributed by atoms with van der Waals surface area (Å²) in [6.07, 6.45) is 1.38. The molecule has 0 saturated carbocycles. The van der Waals surface area contributed by atoms with E-state index in [9.17, 15) is 13.2 Å². The van der Waals surface area contributed by atoms with Crippen LogP contribution in [0.1, 0.15) is 0 Å². The molecule has 110 valence electrons. The summed E-state index contributed by atoms with van der Waals surface area (Å²) in [6, 6.07) is -0.635. The van der Waals surface area contributed by atoms with Gasteiger partial charge in [-0.3, -0.25) is 14.7 Å². The molecule has 0 aliphatic carbocycles. The van der Waals surface area contributed by atoms with Gasteiger partial charge in [0.25, 0.3) is 5.56 Å². The molecule has 2 aliphatic rings. The third-order valence-electron chi connectivity index (χ3n) is 3.69. The van der Waals surface area contributed by atoms with Crippen LogP contribution in [-0.4, -0.2) is 57.1 Å². The maximum atomic E-state index is 12.0. The minimum absolute atomic E-state index is 0.0207. The number of thiocarbonyl (C=S) groups is 1. The Morgan fingerprint density at radius 1 is 1.38 bits per heavy atom. The van der Waals surface area contributed by atoms with Gasteiger partial charge >= 0.3 is 0 Å². The fourth-order valence-corrected chi connectivity index (χ4v) is 5.06. The van der Waals surface area contributed by atoms with E-state index in [4.69, 9.17) is 12.2 Å². The number of hydrogen-bond donors (Lipinski definition) is 3. The predicted octanol–water partition coefficient (Wildman–Crippen LogP) is -1.49. The lowest BCUT2D eigenvalue weighted by Gasteiger charge is -2.20. The lowest BCUT2D eigenvalue weighted by atomic mass is 10.2. The standard InChI is InChI=1S/C10H10N6O3S2/c17-8-6-7(12-3-11-6)14-9(15-8)16-5-2-21(18,19)1-4(5)13-10(16)20/h3-5H,1-2H2,(H,13,20)(H2,11,12,14,15,17)/t4-,5-/m1/s1. The number of aromatic amines is 2. The molecule has 0 bridgehead atoms. The van der Waals surface area contributed by atoms with Gasteiger partial charge in [0.1, 0.15) is 0 Å². The van der Waals surface area contributed by atoms with Crippen molar-refractivity contribution in [2.24, 2.45) is 0 Å². The Morgan fingerprint density at radius 3 is 3.00 bits per heavy atom. The monoisotopic (exact) mass is 326 g/mol. The van der Waals surface area contributed by atoms with E-state index in [0.717, 1.165) is 0 Å². The number of aromatic nitrogens is 4. The van der Waals surface area contributed by atoms with Crippen molar-refractivity contribution < 1.29 is 8.42 Å². The van der Waals surface area contributed by atoms with Crippen molar-refractivity contribution >= 4 is 44.3 Å². The second-order valence-electron chi connectivity index (χ2n) is 5.06. The van der Waals surface area contributed by atoms with Gasteiger partial charge in [-0.25, -0.2) is 13.4 Å². The molecular formula is C10H10N6O3S2. The average molecular weight is 326 g/mol. The van der Waals surface area contributed by atoms with E-state index in [1.54, 1.807) is 4.90 Å². The van der Waals surface area contributed by atoms with Crippen LogP contribution in [0.5, 0.6) is 0 Å². The van der Waals surface area contributed by atoms with Gasteiger partial charge in [0.2, 0.25) is 5.95 Å². The molecule has 0 spiro atoms. The van der Waals surface area contributed by atoms with Gasteiger partial charge in [-0.05, 0) is 12.2 Å². The molecule has 3 N–H and O–H groups in total. The first kappa shape index (κ1) is 12.7. The lowest BCUT2D eigenvalue weighted by molar-refractivity contribution is 0.600. The average Bonchev–Trinajstić information content (AvgIpc) is 3.01. The minimum atomic E-state index is -3.12. The summed E-state index contributed by atoms with van der Waals surface area (Å²) >= 11 is 5.23. The summed E-state index contributed by atoms with van der Waals surface area (Å²) in [4.78, 5) is 27.0.